The molecule has 0 saturated carbocycles. The molecule has 0 aromatic heterocycles. The standard InChI is InChI=1S/2C18H36O2.C4H6O6.Mg/c2*1-2-3-4-5-6-7-8-9-10-11-12-13-14-15-16-17-18(19)20;5-1(3(7)8)2(6)4(9)10;/h2*2-17H2,1H3,(H,19,20);1-2,5-6H,(H,7,8)(H,9,10);/q;;;+2/p-2. The van der Waals surface area contributed by atoms with Crippen LogP contribution in [0.5, 0.6) is 0 Å². The van der Waals surface area contributed by atoms with Gasteiger partial charge in [-0.15, -0.1) is 0 Å². The van der Waals surface area contributed by atoms with Crippen LogP contribution in [0, 0.1) is 0 Å². The molecule has 0 aromatic rings. The Balaban J connectivity index is -0.000000340. The molecule has 51 heavy (non-hydrogen) atoms. The zero-order chi connectivity index (χ0) is 38.1. The molecule has 0 radical (unpaired) electrons. The minimum atomic E-state index is -2.27. The monoisotopic (exact) mass is 741 g/mol. The van der Waals surface area contributed by atoms with E-state index in [2.05, 4.69) is 13.8 Å². The number of aliphatic carboxylic acids is 4. The van der Waals surface area contributed by atoms with Gasteiger partial charge in [-0.3, -0.25) is 0 Å². The van der Waals surface area contributed by atoms with Crippen LogP contribution in [0.4, 0.5) is 0 Å². The van der Waals surface area contributed by atoms with Gasteiger partial charge in [0.25, 0.3) is 0 Å². The first-order valence-electron chi connectivity index (χ1n) is 20.2. The molecule has 0 aromatic carbocycles. The van der Waals surface area contributed by atoms with Crippen molar-refractivity contribution in [3.05, 3.63) is 0 Å². The Kier molecular flexibility index (Phi) is 51.4. The Morgan fingerprint density at radius 1 is 0.373 bits per heavy atom. The number of carboxylic acid groups (broad SMARTS) is 4. The van der Waals surface area contributed by atoms with E-state index in [0.717, 1.165) is 25.7 Å². The minimum absolute atomic E-state index is 0. The van der Waals surface area contributed by atoms with Crippen molar-refractivity contribution in [2.75, 3.05) is 0 Å². The predicted molar refractivity (Wildman–Crippen MR) is 202 cm³/mol. The van der Waals surface area contributed by atoms with Crippen molar-refractivity contribution in [3.63, 3.8) is 0 Å². The summed E-state index contributed by atoms with van der Waals surface area (Å²) in [6.07, 6.45) is 35.2. The fourth-order valence-corrected chi connectivity index (χ4v) is 5.55. The van der Waals surface area contributed by atoms with Crippen LogP contribution >= 0.6 is 0 Å². The van der Waals surface area contributed by atoms with Crippen molar-refractivity contribution >= 4 is 46.9 Å². The molecular weight excluding hydrogens is 665 g/mol. The SMILES string of the molecule is CCCCCCCCCCCCCCCCCC(=O)[O-].CCCCCCCCCCCCCCCCCC(=O)[O-].O=C(O)C(O)C(O)C(=O)O.[Mg+2]. The van der Waals surface area contributed by atoms with Crippen LogP contribution < -0.4 is 10.2 Å². The number of carboxylic acids is 4. The molecular formula is C40H76MgO10. The van der Waals surface area contributed by atoms with Crippen molar-refractivity contribution in [1.29, 1.82) is 0 Å². The van der Waals surface area contributed by atoms with Gasteiger partial charge in [-0.2, -0.15) is 0 Å². The van der Waals surface area contributed by atoms with Crippen LogP contribution in [-0.4, -0.2) is 79.6 Å². The Labute approximate surface area is 327 Å². The van der Waals surface area contributed by atoms with Crippen molar-refractivity contribution in [3.8, 4) is 0 Å². The van der Waals surface area contributed by atoms with Gasteiger partial charge in [0.1, 0.15) is 0 Å². The Hall–Kier alpha value is -1.43. The van der Waals surface area contributed by atoms with Gasteiger partial charge in [-0.05, 0) is 25.7 Å². The minimum Gasteiger partial charge on any atom is -0.550 e. The van der Waals surface area contributed by atoms with Crippen molar-refractivity contribution in [1.82, 2.24) is 0 Å². The molecule has 0 aliphatic heterocycles. The molecule has 0 aliphatic rings. The molecule has 0 amide bonds. The molecule has 2 atom stereocenters. The number of aliphatic hydroxyl groups is 2. The number of carbonyl (C=O) groups is 4. The Morgan fingerprint density at radius 3 is 0.667 bits per heavy atom. The molecule has 10 nitrogen and oxygen atoms in total. The first-order valence-corrected chi connectivity index (χ1v) is 20.2. The summed E-state index contributed by atoms with van der Waals surface area (Å²) in [5, 5.41) is 53.0. The number of unbranched alkanes of at least 4 members (excludes halogenated alkanes) is 28. The first-order chi connectivity index (χ1) is 24.0. The molecule has 2 unspecified atom stereocenters. The largest absolute Gasteiger partial charge is 2.00 e. The Morgan fingerprint density at radius 2 is 0.529 bits per heavy atom. The molecule has 0 bridgehead atoms. The Bertz CT molecular complexity index is 704. The van der Waals surface area contributed by atoms with Crippen LogP contribution in [0.15, 0.2) is 0 Å². The summed E-state index contributed by atoms with van der Waals surface area (Å²) >= 11 is 0. The normalized spacial score (nSPS) is 11.6. The summed E-state index contributed by atoms with van der Waals surface area (Å²) in [5.74, 6) is -5.34. The summed E-state index contributed by atoms with van der Waals surface area (Å²) in [6.45, 7) is 4.53. The second kappa shape index (κ2) is 46.6. The maximum absolute atomic E-state index is 10.2. The zero-order valence-corrected chi connectivity index (χ0v) is 34.1. The smallest absolute Gasteiger partial charge is 0.550 e. The third-order valence-electron chi connectivity index (χ3n) is 8.77. The fraction of sp³-hybridized carbons (Fsp3) is 0.900. The second-order valence-corrected chi connectivity index (χ2v) is 13.7. The second-order valence-electron chi connectivity index (χ2n) is 13.7. The molecule has 298 valence electrons. The van der Waals surface area contributed by atoms with E-state index >= 15 is 0 Å². The van der Waals surface area contributed by atoms with E-state index in [4.69, 9.17) is 20.4 Å². The molecule has 11 heteroatoms. The number of aliphatic hydroxyl groups excluding tert-OH is 2. The average Bonchev–Trinajstić information content (AvgIpc) is 3.07. The average molecular weight is 741 g/mol. The van der Waals surface area contributed by atoms with E-state index in [0.29, 0.717) is 0 Å². The van der Waals surface area contributed by atoms with Crippen LogP contribution in [0.2, 0.25) is 0 Å². The van der Waals surface area contributed by atoms with Crippen molar-refractivity contribution in [2.45, 2.75) is 232 Å². The predicted octanol–water partition coefficient (Wildman–Crippen LogP) is 7.49. The van der Waals surface area contributed by atoms with E-state index in [9.17, 15) is 29.4 Å². The number of hydrogen-bond donors (Lipinski definition) is 4. The maximum Gasteiger partial charge on any atom is 2.00 e. The van der Waals surface area contributed by atoms with Crippen molar-refractivity contribution < 1.29 is 49.8 Å². The van der Waals surface area contributed by atoms with Crippen LogP contribution in [0.3, 0.4) is 0 Å². The van der Waals surface area contributed by atoms with Gasteiger partial charge in [0.05, 0.1) is 0 Å². The molecule has 0 rings (SSSR count). The van der Waals surface area contributed by atoms with Crippen LogP contribution in [-0.2, 0) is 19.2 Å². The molecule has 0 aliphatic carbocycles. The summed E-state index contributed by atoms with van der Waals surface area (Å²) in [6, 6.07) is 0. The van der Waals surface area contributed by atoms with E-state index in [1.54, 1.807) is 0 Å². The van der Waals surface area contributed by atoms with Gasteiger partial charge >= 0.3 is 35.0 Å². The summed E-state index contributed by atoms with van der Waals surface area (Å²) in [5.41, 5.74) is 0. The zero-order valence-electron chi connectivity index (χ0n) is 32.7. The number of rotatable bonds is 35. The van der Waals surface area contributed by atoms with Gasteiger partial charge in [-0.1, -0.05) is 194 Å². The molecule has 4 N–H and O–H groups in total. The van der Waals surface area contributed by atoms with Gasteiger partial charge in [0.2, 0.25) is 0 Å². The number of carbonyl (C=O) groups excluding carboxylic acids is 2. The topological polar surface area (TPSA) is 195 Å². The third-order valence-corrected chi connectivity index (χ3v) is 8.77. The van der Waals surface area contributed by atoms with Gasteiger partial charge in [0.15, 0.2) is 12.2 Å². The van der Waals surface area contributed by atoms with E-state index in [1.165, 1.54) is 167 Å². The molecule has 0 heterocycles. The fourth-order valence-electron chi connectivity index (χ4n) is 5.55. The maximum atomic E-state index is 10.2. The van der Waals surface area contributed by atoms with Gasteiger partial charge < -0.3 is 40.2 Å². The summed E-state index contributed by atoms with van der Waals surface area (Å²) in [7, 11) is 0. The quantitative estimate of drug-likeness (QED) is 0.0373. The van der Waals surface area contributed by atoms with Crippen molar-refractivity contribution in [2.24, 2.45) is 0 Å². The van der Waals surface area contributed by atoms with E-state index in [1.807, 2.05) is 0 Å². The first kappa shape index (κ1) is 56.3. The van der Waals surface area contributed by atoms with E-state index < -0.39 is 36.1 Å². The van der Waals surface area contributed by atoms with Crippen LogP contribution in [0.25, 0.3) is 0 Å². The van der Waals surface area contributed by atoms with Gasteiger partial charge in [-0.25, -0.2) is 9.59 Å². The summed E-state index contributed by atoms with van der Waals surface area (Å²) < 4.78 is 0. The molecule has 0 spiro atoms. The number of hydrogen-bond acceptors (Lipinski definition) is 8. The van der Waals surface area contributed by atoms with Gasteiger partial charge in [0, 0.05) is 11.9 Å². The van der Waals surface area contributed by atoms with E-state index in [-0.39, 0.29) is 35.9 Å². The molecule has 0 fully saturated rings. The molecule has 0 saturated heterocycles. The summed E-state index contributed by atoms with van der Waals surface area (Å²) in [4.78, 5) is 40.0. The van der Waals surface area contributed by atoms with Crippen LogP contribution in [0.1, 0.15) is 219 Å². The third kappa shape index (κ3) is 53.0.